The van der Waals surface area contributed by atoms with Crippen molar-refractivity contribution in [3.05, 3.63) is 29.8 Å². The first-order valence-corrected chi connectivity index (χ1v) is 6.37. The summed E-state index contributed by atoms with van der Waals surface area (Å²) in [6.45, 7) is 2.99. The van der Waals surface area contributed by atoms with Crippen LogP contribution in [0.4, 0.5) is 0 Å². The van der Waals surface area contributed by atoms with Crippen LogP contribution < -0.4 is 0 Å². The first-order valence-electron chi connectivity index (χ1n) is 6.37. The molecule has 0 radical (unpaired) electrons. The van der Waals surface area contributed by atoms with Crippen molar-refractivity contribution < 1.29 is 19.4 Å². The Balaban J connectivity index is 1.98. The lowest BCUT2D eigenvalue weighted by Gasteiger charge is -2.20. The van der Waals surface area contributed by atoms with Crippen LogP contribution in [0, 0.1) is 0 Å². The maximum atomic E-state index is 12.0. The molecule has 1 amide bonds. The summed E-state index contributed by atoms with van der Waals surface area (Å²) in [7, 11) is 0. The lowest BCUT2D eigenvalue weighted by Crippen LogP contribution is -2.38. The zero-order chi connectivity index (χ0) is 13.8. The van der Waals surface area contributed by atoms with Crippen LogP contribution in [0.15, 0.2) is 24.3 Å². The summed E-state index contributed by atoms with van der Waals surface area (Å²) in [6.07, 6.45) is 1.16. The second kappa shape index (κ2) is 5.73. The van der Waals surface area contributed by atoms with Crippen LogP contribution >= 0.6 is 0 Å². The Bertz CT molecular complexity index is 480. The quantitative estimate of drug-likeness (QED) is 0.840. The Morgan fingerprint density at radius 2 is 1.89 bits per heavy atom. The van der Waals surface area contributed by atoms with E-state index in [1.165, 1.54) is 12.1 Å². The molecule has 19 heavy (non-hydrogen) atoms. The van der Waals surface area contributed by atoms with Crippen molar-refractivity contribution in [3.8, 4) is 5.75 Å². The predicted octanol–water partition coefficient (Wildman–Crippen LogP) is 1.56. The molecule has 5 heteroatoms. The number of carbonyl (C=O) groups excluding carboxylic acids is 2. The molecule has 0 unspecified atom stereocenters. The lowest BCUT2D eigenvalue weighted by molar-refractivity contribution is -0.138. The van der Waals surface area contributed by atoms with Gasteiger partial charge in [-0.15, -0.1) is 0 Å². The summed E-state index contributed by atoms with van der Waals surface area (Å²) in [5, 5.41) is 9.55. The molecule has 1 saturated heterocycles. The Morgan fingerprint density at radius 3 is 2.53 bits per heavy atom. The number of nitrogens with zero attached hydrogens (tertiary/aromatic N) is 1. The second-order valence-corrected chi connectivity index (χ2v) is 4.60. The molecule has 0 aliphatic carbocycles. The van der Waals surface area contributed by atoms with Gasteiger partial charge in [-0.2, -0.15) is 0 Å². The number of phenols is 1. The fourth-order valence-electron chi connectivity index (χ4n) is 2.12. The van der Waals surface area contributed by atoms with Gasteiger partial charge < -0.3 is 14.7 Å². The number of hydrogen-bond acceptors (Lipinski definition) is 4. The Morgan fingerprint density at radius 1 is 1.26 bits per heavy atom. The SMILES string of the molecule is C[C@@H](OC(=O)c1ccccc1O)C(=O)N1CCCC1. The van der Waals surface area contributed by atoms with Crippen molar-refractivity contribution in [1.29, 1.82) is 0 Å². The van der Waals surface area contributed by atoms with E-state index in [2.05, 4.69) is 0 Å². The molecule has 102 valence electrons. The zero-order valence-electron chi connectivity index (χ0n) is 10.8. The third-order valence-electron chi connectivity index (χ3n) is 3.17. The van der Waals surface area contributed by atoms with Crippen molar-refractivity contribution in [2.24, 2.45) is 0 Å². The molecule has 0 saturated carbocycles. The number of likely N-dealkylation sites (tertiary alicyclic amines) is 1. The minimum absolute atomic E-state index is 0.0728. The van der Waals surface area contributed by atoms with Crippen LogP contribution in [-0.2, 0) is 9.53 Å². The molecule has 1 N–H and O–H groups in total. The number of esters is 1. The average Bonchev–Trinajstić information content (AvgIpc) is 2.92. The van der Waals surface area contributed by atoms with E-state index in [0.29, 0.717) is 0 Å². The number of benzene rings is 1. The maximum absolute atomic E-state index is 12.0. The molecular formula is C14H17NO4. The number of ether oxygens (including phenoxy) is 1. The van der Waals surface area contributed by atoms with E-state index in [-0.39, 0.29) is 17.2 Å². The summed E-state index contributed by atoms with van der Waals surface area (Å²) in [6, 6.07) is 6.11. The normalized spacial score (nSPS) is 16.2. The van der Waals surface area contributed by atoms with E-state index in [1.54, 1.807) is 24.0 Å². The molecule has 1 atom stereocenters. The summed E-state index contributed by atoms with van der Waals surface area (Å²) in [5.74, 6) is -1.01. The summed E-state index contributed by atoms with van der Waals surface area (Å²) in [4.78, 5) is 25.5. The molecule has 1 aliphatic heterocycles. The van der Waals surface area contributed by atoms with Gasteiger partial charge in [-0.25, -0.2) is 4.79 Å². The summed E-state index contributed by atoms with van der Waals surface area (Å²) in [5.41, 5.74) is 0.0728. The molecule has 1 heterocycles. The first kappa shape index (κ1) is 13.4. The molecule has 0 aromatic heterocycles. The molecule has 1 aliphatic rings. The highest BCUT2D eigenvalue weighted by Crippen LogP contribution is 2.18. The number of phenolic OH excluding ortho intramolecular Hbond substituents is 1. The number of amides is 1. The largest absolute Gasteiger partial charge is 0.507 e. The highest BCUT2D eigenvalue weighted by atomic mass is 16.5. The van der Waals surface area contributed by atoms with E-state index in [4.69, 9.17) is 4.74 Å². The zero-order valence-corrected chi connectivity index (χ0v) is 10.8. The van der Waals surface area contributed by atoms with Crippen LogP contribution in [0.1, 0.15) is 30.1 Å². The van der Waals surface area contributed by atoms with Gasteiger partial charge in [-0.05, 0) is 31.9 Å². The number of aromatic hydroxyl groups is 1. The van der Waals surface area contributed by atoms with Crippen molar-refractivity contribution in [2.75, 3.05) is 13.1 Å². The molecule has 1 fully saturated rings. The first-order chi connectivity index (χ1) is 9.09. The second-order valence-electron chi connectivity index (χ2n) is 4.60. The van der Waals surface area contributed by atoms with Gasteiger partial charge >= 0.3 is 5.97 Å². The number of hydrogen-bond donors (Lipinski definition) is 1. The van der Waals surface area contributed by atoms with E-state index >= 15 is 0 Å². The van der Waals surface area contributed by atoms with Gasteiger partial charge in [0.2, 0.25) is 0 Å². The van der Waals surface area contributed by atoms with Gasteiger partial charge in [0.25, 0.3) is 5.91 Å². The van der Waals surface area contributed by atoms with Crippen molar-refractivity contribution in [3.63, 3.8) is 0 Å². The maximum Gasteiger partial charge on any atom is 0.342 e. The van der Waals surface area contributed by atoms with Crippen molar-refractivity contribution in [1.82, 2.24) is 4.90 Å². The van der Waals surface area contributed by atoms with E-state index in [0.717, 1.165) is 25.9 Å². The number of carbonyl (C=O) groups is 2. The fraction of sp³-hybridized carbons (Fsp3) is 0.429. The molecule has 0 spiro atoms. The molecule has 0 bridgehead atoms. The summed E-state index contributed by atoms with van der Waals surface area (Å²) < 4.78 is 5.10. The summed E-state index contributed by atoms with van der Waals surface area (Å²) >= 11 is 0. The highest BCUT2D eigenvalue weighted by molar-refractivity contribution is 5.94. The Hall–Kier alpha value is -2.04. The van der Waals surface area contributed by atoms with Crippen LogP contribution in [0.5, 0.6) is 5.75 Å². The Kier molecular flexibility index (Phi) is 4.04. The Labute approximate surface area is 111 Å². The number of para-hydroxylation sites is 1. The van der Waals surface area contributed by atoms with Crippen LogP contribution in [0.2, 0.25) is 0 Å². The minimum atomic E-state index is -0.829. The third-order valence-corrected chi connectivity index (χ3v) is 3.17. The van der Waals surface area contributed by atoms with Crippen LogP contribution in [0.3, 0.4) is 0 Å². The number of rotatable bonds is 3. The highest BCUT2D eigenvalue weighted by Gasteiger charge is 2.26. The van der Waals surface area contributed by atoms with Gasteiger partial charge in [-0.3, -0.25) is 4.79 Å². The molecule has 2 rings (SSSR count). The van der Waals surface area contributed by atoms with Crippen LogP contribution in [-0.4, -0.2) is 41.1 Å². The third kappa shape index (κ3) is 3.05. The van der Waals surface area contributed by atoms with Crippen molar-refractivity contribution in [2.45, 2.75) is 25.9 Å². The molecule has 5 nitrogen and oxygen atoms in total. The standard InChI is InChI=1S/C14H17NO4/c1-10(13(17)15-8-4-5-9-15)19-14(18)11-6-2-3-7-12(11)16/h2-3,6-7,10,16H,4-5,8-9H2,1H3/t10-/m1/s1. The monoisotopic (exact) mass is 263 g/mol. The predicted molar refractivity (Wildman–Crippen MR) is 68.8 cm³/mol. The lowest BCUT2D eigenvalue weighted by atomic mass is 10.2. The van der Waals surface area contributed by atoms with Gasteiger partial charge in [0, 0.05) is 13.1 Å². The van der Waals surface area contributed by atoms with Crippen molar-refractivity contribution >= 4 is 11.9 Å². The average molecular weight is 263 g/mol. The fourth-order valence-corrected chi connectivity index (χ4v) is 2.12. The molecule has 1 aromatic carbocycles. The van der Waals surface area contributed by atoms with Gasteiger partial charge in [0.1, 0.15) is 11.3 Å². The molecular weight excluding hydrogens is 246 g/mol. The van der Waals surface area contributed by atoms with Gasteiger partial charge in [0.15, 0.2) is 6.10 Å². The smallest absolute Gasteiger partial charge is 0.342 e. The van der Waals surface area contributed by atoms with Gasteiger partial charge in [0.05, 0.1) is 0 Å². The minimum Gasteiger partial charge on any atom is -0.507 e. The topological polar surface area (TPSA) is 66.8 Å². The van der Waals surface area contributed by atoms with E-state index in [9.17, 15) is 14.7 Å². The van der Waals surface area contributed by atoms with Crippen LogP contribution in [0.25, 0.3) is 0 Å². The molecule has 1 aromatic rings. The van der Waals surface area contributed by atoms with E-state index < -0.39 is 12.1 Å². The van der Waals surface area contributed by atoms with Gasteiger partial charge in [-0.1, -0.05) is 12.1 Å². The van der Waals surface area contributed by atoms with E-state index in [1.807, 2.05) is 0 Å².